The summed E-state index contributed by atoms with van der Waals surface area (Å²) in [7, 11) is 0. The molecule has 2 amide bonds. The second kappa shape index (κ2) is 7.74. The molecule has 0 aliphatic carbocycles. The highest BCUT2D eigenvalue weighted by Crippen LogP contribution is 2.24. The second-order valence-electron chi connectivity index (χ2n) is 7.12. The fourth-order valence-corrected chi connectivity index (χ4v) is 5.60. The zero-order chi connectivity index (χ0) is 18.1. The molecule has 0 bridgehead atoms. The number of aryl methyl sites for hydroxylation is 1. The molecule has 3 aliphatic rings. The number of hydrogen-bond acceptors (Lipinski definition) is 7. The van der Waals surface area contributed by atoms with E-state index in [4.69, 9.17) is 0 Å². The van der Waals surface area contributed by atoms with Crippen molar-refractivity contribution in [1.82, 2.24) is 20.1 Å². The second-order valence-corrected chi connectivity index (χ2v) is 9.03. The number of nitrogens with one attached hydrogen (secondary N) is 1. The molecule has 9 heteroatoms. The predicted octanol–water partition coefficient (Wildman–Crippen LogP) is 0.611. The Labute approximate surface area is 162 Å². The molecule has 26 heavy (non-hydrogen) atoms. The maximum absolute atomic E-state index is 12.9. The van der Waals surface area contributed by atoms with Gasteiger partial charge in [-0.1, -0.05) is 0 Å². The lowest BCUT2D eigenvalue weighted by atomic mass is 10.0. The number of carbonyl (C=O) groups excluding carboxylic acids is 2. The minimum atomic E-state index is -0.192. The molecule has 1 aromatic rings. The third-order valence-electron chi connectivity index (χ3n) is 5.31. The van der Waals surface area contributed by atoms with Crippen LogP contribution in [0.15, 0.2) is 5.38 Å². The molecule has 0 radical (unpaired) electrons. The summed E-state index contributed by atoms with van der Waals surface area (Å²) in [5.74, 6) is 2.08. The number of thiazole rings is 1. The van der Waals surface area contributed by atoms with Gasteiger partial charge in [0, 0.05) is 50.4 Å². The van der Waals surface area contributed by atoms with E-state index in [1.54, 1.807) is 23.1 Å². The maximum Gasteiger partial charge on any atom is 0.240 e. The molecule has 2 atom stereocenters. The van der Waals surface area contributed by atoms with Crippen LogP contribution >= 0.6 is 23.1 Å². The molecule has 3 aliphatic heterocycles. The maximum atomic E-state index is 12.9. The van der Waals surface area contributed by atoms with Crippen molar-refractivity contribution in [2.24, 2.45) is 5.92 Å². The third kappa shape index (κ3) is 3.70. The van der Waals surface area contributed by atoms with Crippen LogP contribution in [0, 0.1) is 12.8 Å². The number of hydrogen-bond donors (Lipinski definition) is 1. The van der Waals surface area contributed by atoms with E-state index in [0.29, 0.717) is 13.0 Å². The van der Waals surface area contributed by atoms with Crippen LogP contribution in [0.3, 0.4) is 0 Å². The number of nitrogens with zero attached hydrogens (tertiary/aromatic N) is 4. The summed E-state index contributed by atoms with van der Waals surface area (Å²) in [5.41, 5.74) is 1.05. The van der Waals surface area contributed by atoms with Crippen LogP contribution in [0.1, 0.15) is 12.1 Å². The van der Waals surface area contributed by atoms with Crippen LogP contribution < -0.4 is 10.2 Å². The quantitative estimate of drug-likeness (QED) is 0.809. The third-order valence-corrected chi connectivity index (χ3v) is 7.30. The molecule has 0 spiro atoms. The molecule has 4 heterocycles. The largest absolute Gasteiger partial charge is 0.345 e. The first-order valence-corrected chi connectivity index (χ1v) is 11.2. The molecule has 3 fully saturated rings. The van der Waals surface area contributed by atoms with Gasteiger partial charge in [-0.25, -0.2) is 4.98 Å². The molecular weight excluding hydrogens is 370 g/mol. The van der Waals surface area contributed by atoms with E-state index in [2.05, 4.69) is 20.6 Å². The minimum Gasteiger partial charge on any atom is -0.345 e. The first kappa shape index (κ1) is 18.1. The van der Waals surface area contributed by atoms with Gasteiger partial charge in [-0.05, 0) is 13.3 Å². The highest BCUT2D eigenvalue weighted by Gasteiger charge is 2.38. The summed E-state index contributed by atoms with van der Waals surface area (Å²) >= 11 is 3.46. The van der Waals surface area contributed by atoms with Crippen LogP contribution in [0.4, 0.5) is 5.13 Å². The smallest absolute Gasteiger partial charge is 0.240 e. The lowest BCUT2D eigenvalue weighted by molar-refractivity contribution is -0.135. The molecular formula is C17H25N5O2S2. The zero-order valence-corrected chi connectivity index (χ0v) is 16.7. The Bertz CT molecular complexity index is 668. The van der Waals surface area contributed by atoms with E-state index in [1.807, 2.05) is 16.7 Å². The van der Waals surface area contributed by atoms with E-state index in [0.717, 1.165) is 55.2 Å². The molecule has 1 N–H and O–H groups in total. The fourth-order valence-electron chi connectivity index (χ4n) is 3.78. The molecule has 142 valence electrons. The van der Waals surface area contributed by atoms with Crippen molar-refractivity contribution in [3.8, 4) is 0 Å². The summed E-state index contributed by atoms with van der Waals surface area (Å²) in [4.78, 5) is 36.0. The van der Waals surface area contributed by atoms with Gasteiger partial charge in [0.2, 0.25) is 11.8 Å². The van der Waals surface area contributed by atoms with Crippen LogP contribution in [0.5, 0.6) is 0 Å². The number of amides is 2. The molecule has 0 aromatic carbocycles. The summed E-state index contributed by atoms with van der Waals surface area (Å²) in [6.07, 6.45) is 0.630. The molecule has 3 saturated heterocycles. The van der Waals surface area contributed by atoms with Crippen molar-refractivity contribution in [1.29, 1.82) is 0 Å². The number of carbonyl (C=O) groups is 2. The van der Waals surface area contributed by atoms with Crippen LogP contribution in [0.2, 0.25) is 0 Å². The van der Waals surface area contributed by atoms with Gasteiger partial charge in [-0.2, -0.15) is 0 Å². The standard InChI is InChI=1S/C17H25N5O2S2/c1-12-10-26-17(19-12)21-4-2-20(3-5-21)15(23)13-8-14(18-9-13)16(24)22-6-7-25-11-22/h10,13-14,18H,2-9,11H2,1H3/t13-,14-/m0/s1. The van der Waals surface area contributed by atoms with Crippen molar-refractivity contribution in [3.05, 3.63) is 11.1 Å². The molecule has 4 rings (SSSR count). The van der Waals surface area contributed by atoms with Crippen molar-refractivity contribution in [3.63, 3.8) is 0 Å². The van der Waals surface area contributed by atoms with E-state index >= 15 is 0 Å². The van der Waals surface area contributed by atoms with Crippen molar-refractivity contribution in [2.75, 3.05) is 55.8 Å². The van der Waals surface area contributed by atoms with Crippen LogP contribution in [-0.2, 0) is 9.59 Å². The number of aromatic nitrogens is 1. The fraction of sp³-hybridized carbons (Fsp3) is 0.706. The topological polar surface area (TPSA) is 68.8 Å². The van der Waals surface area contributed by atoms with Gasteiger partial charge in [0.05, 0.1) is 23.5 Å². The summed E-state index contributed by atoms with van der Waals surface area (Å²) < 4.78 is 0. The van der Waals surface area contributed by atoms with E-state index in [1.165, 1.54) is 0 Å². The van der Waals surface area contributed by atoms with E-state index in [-0.39, 0.29) is 23.8 Å². The van der Waals surface area contributed by atoms with Crippen molar-refractivity contribution >= 4 is 40.0 Å². The Morgan fingerprint density at radius 1 is 1.15 bits per heavy atom. The van der Waals surface area contributed by atoms with Gasteiger partial charge in [-0.3, -0.25) is 9.59 Å². The summed E-state index contributed by atoms with van der Waals surface area (Å²) in [6, 6.07) is -0.192. The molecule has 0 unspecified atom stereocenters. The highest BCUT2D eigenvalue weighted by atomic mass is 32.2. The SMILES string of the molecule is Cc1csc(N2CCN(C(=O)[C@@H]3CN[C@H](C(=O)N4CCSC4)C3)CC2)n1. The van der Waals surface area contributed by atoms with Crippen LogP contribution in [-0.4, -0.2) is 83.5 Å². The summed E-state index contributed by atoms with van der Waals surface area (Å²) in [5, 5.41) is 6.38. The van der Waals surface area contributed by atoms with Gasteiger partial charge < -0.3 is 20.0 Å². The Morgan fingerprint density at radius 3 is 2.62 bits per heavy atom. The zero-order valence-electron chi connectivity index (χ0n) is 15.0. The normalized spacial score (nSPS) is 26.6. The highest BCUT2D eigenvalue weighted by molar-refractivity contribution is 7.99. The Morgan fingerprint density at radius 2 is 1.96 bits per heavy atom. The molecule has 7 nitrogen and oxygen atoms in total. The predicted molar refractivity (Wildman–Crippen MR) is 105 cm³/mol. The Hall–Kier alpha value is -1.32. The first-order valence-electron chi connectivity index (χ1n) is 9.17. The molecule has 0 saturated carbocycles. The first-order chi connectivity index (χ1) is 12.6. The van der Waals surface area contributed by atoms with Gasteiger partial charge >= 0.3 is 0 Å². The average Bonchev–Trinajstić information content (AvgIpc) is 3.42. The van der Waals surface area contributed by atoms with E-state index < -0.39 is 0 Å². The van der Waals surface area contributed by atoms with Gasteiger partial charge in [-0.15, -0.1) is 23.1 Å². The van der Waals surface area contributed by atoms with Gasteiger partial charge in [0.15, 0.2) is 5.13 Å². The lowest BCUT2D eigenvalue weighted by Crippen LogP contribution is -2.50. The van der Waals surface area contributed by atoms with Crippen molar-refractivity contribution in [2.45, 2.75) is 19.4 Å². The number of thioether (sulfide) groups is 1. The number of rotatable bonds is 3. The average molecular weight is 396 g/mol. The number of anilines is 1. The van der Waals surface area contributed by atoms with Gasteiger partial charge in [0.25, 0.3) is 0 Å². The van der Waals surface area contributed by atoms with Crippen molar-refractivity contribution < 1.29 is 9.59 Å². The number of piperazine rings is 1. The Kier molecular flexibility index (Phi) is 5.37. The molecule has 1 aromatic heterocycles. The van der Waals surface area contributed by atoms with Gasteiger partial charge in [0.1, 0.15) is 0 Å². The minimum absolute atomic E-state index is 0.0761. The summed E-state index contributed by atoms with van der Waals surface area (Å²) in [6.45, 7) is 6.56. The Balaban J connectivity index is 1.28. The van der Waals surface area contributed by atoms with E-state index in [9.17, 15) is 9.59 Å². The van der Waals surface area contributed by atoms with Crippen LogP contribution in [0.25, 0.3) is 0 Å². The monoisotopic (exact) mass is 395 g/mol. The lowest BCUT2D eigenvalue weighted by Gasteiger charge is -2.35.